The molecule has 3 amide bonds. The van der Waals surface area contributed by atoms with Crippen LogP contribution in [-0.2, 0) is 10.3 Å². The standard InChI is InChI=1S/C21H23Cl2N3O3/c1-11(2)26-12(3)8-15(13(26)4)18(27)10-25-19(28)21(5,24-20(25)29)16-7-6-14(22)9-17(16)23/h6-9,11H,10H2,1-5H3,(H,24,29). The van der Waals surface area contributed by atoms with Crippen molar-refractivity contribution >= 4 is 40.9 Å². The summed E-state index contributed by atoms with van der Waals surface area (Å²) in [5, 5.41) is 3.35. The molecule has 1 unspecified atom stereocenters. The Balaban J connectivity index is 1.89. The third-order valence-electron chi connectivity index (χ3n) is 5.35. The predicted octanol–water partition coefficient (Wildman–Crippen LogP) is 4.64. The molecule has 3 rings (SSSR count). The van der Waals surface area contributed by atoms with Crippen LogP contribution in [0.1, 0.15) is 54.1 Å². The van der Waals surface area contributed by atoms with Crippen LogP contribution in [0.15, 0.2) is 24.3 Å². The maximum atomic E-state index is 13.1. The lowest BCUT2D eigenvalue weighted by molar-refractivity contribution is -0.130. The fourth-order valence-corrected chi connectivity index (χ4v) is 4.60. The minimum atomic E-state index is -1.37. The monoisotopic (exact) mass is 435 g/mol. The van der Waals surface area contributed by atoms with Gasteiger partial charge in [-0.05, 0) is 52.8 Å². The van der Waals surface area contributed by atoms with E-state index >= 15 is 0 Å². The van der Waals surface area contributed by atoms with Crippen molar-refractivity contribution in [3.8, 4) is 0 Å². The third-order valence-corrected chi connectivity index (χ3v) is 5.90. The van der Waals surface area contributed by atoms with Gasteiger partial charge in [0.2, 0.25) is 0 Å². The Labute approximate surface area is 179 Å². The Morgan fingerprint density at radius 1 is 1.17 bits per heavy atom. The summed E-state index contributed by atoms with van der Waals surface area (Å²) in [5.41, 5.74) is 1.34. The Hall–Kier alpha value is -2.31. The van der Waals surface area contributed by atoms with Gasteiger partial charge in [-0.1, -0.05) is 29.3 Å². The van der Waals surface area contributed by atoms with Crippen molar-refractivity contribution < 1.29 is 14.4 Å². The molecule has 154 valence electrons. The summed E-state index contributed by atoms with van der Waals surface area (Å²) in [6.45, 7) is 9.09. The predicted molar refractivity (Wildman–Crippen MR) is 113 cm³/mol. The van der Waals surface area contributed by atoms with Crippen LogP contribution in [0.2, 0.25) is 10.0 Å². The number of benzene rings is 1. The van der Waals surface area contributed by atoms with Crippen molar-refractivity contribution in [3.63, 3.8) is 0 Å². The number of ketones is 1. The number of aryl methyl sites for hydroxylation is 1. The second-order valence-corrected chi connectivity index (χ2v) is 8.59. The molecule has 2 aromatic rings. The third kappa shape index (κ3) is 3.55. The molecule has 1 aromatic heterocycles. The molecule has 8 heteroatoms. The van der Waals surface area contributed by atoms with Crippen LogP contribution in [0, 0.1) is 13.8 Å². The number of urea groups is 1. The molecule has 1 saturated heterocycles. The average molecular weight is 436 g/mol. The normalized spacial score (nSPS) is 19.2. The second-order valence-electron chi connectivity index (χ2n) is 7.74. The van der Waals surface area contributed by atoms with E-state index in [9.17, 15) is 14.4 Å². The van der Waals surface area contributed by atoms with Gasteiger partial charge < -0.3 is 9.88 Å². The van der Waals surface area contributed by atoms with E-state index in [1.807, 2.05) is 27.7 Å². The van der Waals surface area contributed by atoms with Gasteiger partial charge in [-0.3, -0.25) is 14.5 Å². The SMILES string of the molecule is Cc1cc(C(=O)CN2C(=O)NC(C)(c3ccc(Cl)cc3Cl)C2=O)c(C)n1C(C)C. The number of carbonyl (C=O) groups is 3. The largest absolute Gasteiger partial charge is 0.346 e. The van der Waals surface area contributed by atoms with E-state index < -0.39 is 17.5 Å². The van der Waals surface area contributed by atoms with E-state index in [2.05, 4.69) is 9.88 Å². The molecule has 0 saturated carbocycles. The molecule has 6 nitrogen and oxygen atoms in total. The van der Waals surface area contributed by atoms with E-state index in [1.54, 1.807) is 25.1 Å². The van der Waals surface area contributed by atoms with Gasteiger partial charge in [-0.25, -0.2) is 4.79 Å². The summed E-state index contributed by atoms with van der Waals surface area (Å²) in [5.74, 6) is -0.822. The van der Waals surface area contributed by atoms with Gasteiger partial charge in [0.15, 0.2) is 5.78 Å². The van der Waals surface area contributed by atoms with E-state index in [-0.39, 0.29) is 23.4 Å². The molecule has 0 radical (unpaired) electrons. The fraction of sp³-hybridized carbons (Fsp3) is 0.381. The first-order chi connectivity index (χ1) is 13.5. The van der Waals surface area contributed by atoms with Gasteiger partial charge in [-0.15, -0.1) is 0 Å². The quantitative estimate of drug-likeness (QED) is 0.548. The number of Topliss-reactive ketones (excluding diaryl/α,β-unsaturated/α-hetero) is 1. The number of aromatic nitrogens is 1. The van der Waals surface area contributed by atoms with Crippen LogP contribution >= 0.6 is 23.2 Å². The number of rotatable bonds is 5. The maximum Gasteiger partial charge on any atom is 0.325 e. The number of halogens is 2. The zero-order valence-electron chi connectivity index (χ0n) is 17.0. The lowest BCUT2D eigenvalue weighted by atomic mass is 9.92. The lowest BCUT2D eigenvalue weighted by Crippen LogP contribution is -2.41. The summed E-state index contributed by atoms with van der Waals surface area (Å²) in [6.07, 6.45) is 0. The van der Waals surface area contributed by atoms with Crippen molar-refractivity contribution in [2.24, 2.45) is 0 Å². The number of hydrogen-bond acceptors (Lipinski definition) is 3. The average Bonchev–Trinajstić information content (AvgIpc) is 3.03. The molecule has 0 aliphatic carbocycles. The number of nitrogens with one attached hydrogen (secondary N) is 1. The zero-order valence-corrected chi connectivity index (χ0v) is 18.5. The molecule has 0 spiro atoms. The maximum absolute atomic E-state index is 13.1. The summed E-state index contributed by atoms with van der Waals surface area (Å²) in [6, 6.07) is 6.08. The highest BCUT2D eigenvalue weighted by atomic mass is 35.5. The van der Waals surface area contributed by atoms with Gasteiger partial charge in [0, 0.05) is 38.6 Å². The summed E-state index contributed by atoms with van der Waals surface area (Å²) in [7, 11) is 0. The first kappa shape index (κ1) is 21.4. The summed E-state index contributed by atoms with van der Waals surface area (Å²) < 4.78 is 2.05. The Morgan fingerprint density at radius 2 is 1.83 bits per heavy atom. The minimum absolute atomic E-state index is 0.198. The molecular formula is C21H23Cl2N3O3. The first-order valence-corrected chi connectivity index (χ1v) is 10.0. The summed E-state index contributed by atoms with van der Waals surface area (Å²) >= 11 is 12.2. The molecule has 1 aliphatic heterocycles. The molecular weight excluding hydrogens is 413 g/mol. The van der Waals surface area contributed by atoms with Crippen LogP contribution in [-0.4, -0.2) is 33.7 Å². The molecule has 1 N–H and O–H groups in total. The molecule has 2 heterocycles. The number of imide groups is 1. The summed E-state index contributed by atoms with van der Waals surface area (Å²) in [4.78, 5) is 39.5. The Bertz CT molecular complexity index is 1030. The van der Waals surface area contributed by atoms with Crippen LogP contribution in [0.3, 0.4) is 0 Å². The molecule has 1 fully saturated rings. The molecule has 1 aliphatic rings. The van der Waals surface area contributed by atoms with E-state index in [4.69, 9.17) is 23.2 Å². The van der Waals surface area contributed by atoms with Crippen LogP contribution in [0.25, 0.3) is 0 Å². The van der Waals surface area contributed by atoms with Gasteiger partial charge in [-0.2, -0.15) is 0 Å². The van der Waals surface area contributed by atoms with Gasteiger partial charge in [0.25, 0.3) is 5.91 Å². The number of amides is 3. The highest BCUT2D eigenvalue weighted by molar-refractivity contribution is 6.35. The van der Waals surface area contributed by atoms with Crippen molar-refractivity contribution in [1.29, 1.82) is 0 Å². The zero-order chi connectivity index (χ0) is 21.7. The van der Waals surface area contributed by atoms with E-state index in [0.29, 0.717) is 16.1 Å². The fourth-order valence-electron chi connectivity index (χ4n) is 4.00. The Kier molecular flexibility index (Phi) is 5.54. The van der Waals surface area contributed by atoms with Crippen LogP contribution in [0.5, 0.6) is 0 Å². The van der Waals surface area contributed by atoms with Crippen molar-refractivity contribution in [2.75, 3.05) is 6.54 Å². The molecule has 29 heavy (non-hydrogen) atoms. The van der Waals surface area contributed by atoms with Gasteiger partial charge >= 0.3 is 6.03 Å². The van der Waals surface area contributed by atoms with Crippen molar-refractivity contribution in [1.82, 2.24) is 14.8 Å². The number of nitrogens with zero attached hydrogens (tertiary/aromatic N) is 2. The first-order valence-electron chi connectivity index (χ1n) is 9.28. The highest BCUT2D eigenvalue weighted by Crippen LogP contribution is 2.35. The minimum Gasteiger partial charge on any atom is -0.346 e. The van der Waals surface area contributed by atoms with E-state index in [1.165, 1.54) is 6.07 Å². The van der Waals surface area contributed by atoms with Crippen molar-refractivity contribution in [2.45, 2.75) is 46.2 Å². The lowest BCUT2D eigenvalue weighted by Gasteiger charge is -2.23. The van der Waals surface area contributed by atoms with Crippen molar-refractivity contribution in [3.05, 3.63) is 56.8 Å². The van der Waals surface area contributed by atoms with Gasteiger partial charge in [0.05, 0.1) is 6.54 Å². The smallest absolute Gasteiger partial charge is 0.325 e. The molecule has 0 bridgehead atoms. The molecule has 1 aromatic carbocycles. The van der Waals surface area contributed by atoms with Crippen LogP contribution < -0.4 is 5.32 Å². The van der Waals surface area contributed by atoms with Crippen LogP contribution in [0.4, 0.5) is 4.79 Å². The molecule has 1 atom stereocenters. The number of carbonyl (C=O) groups excluding carboxylic acids is 3. The Morgan fingerprint density at radius 3 is 2.38 bits per heavy atom. The number of hydrogen-bond donors (Lipinski definition) is 1. The van der Waals surface area contributed by atoms with Gasteiger partial charge in [0.1, 0.15) is 5.54 Å². The van der Waals surface area contributed by atoms with E-state index in [0.717, 1.165) is 16.3 Å². The second kappa shape index (κ2) is 7.50. The topological polar surface area (TPSA) is 71.4 Å². The highest BCUT2D eigenvalue weighted by Gasteiger charge is 2.50.